The normalized spacial score (nSPS) is 34.3. The number of methoxy groups -OCH3 is 1. The Morgan fingerprint density at radius 1 is 1.00 bits per heavy atom. The van der Waals surface area contributed by atoms with Crippen LogP contribution in [-0.2, 0) is 4.74 Å². The number of rotatable bonds is 8. The number of benzene rings is 1. The predicted octanol–water partition coefficient (Wildman–Crippen LogP) is 3.41. The molecule has 1 heterocycles. The van der Waals surface area contributed by atoms with Gasteiger partial charge in [-0.25, -0.2) is 0 Å². The molecule has 4 saturated carbocycles. The van der Waals surface area contributed by atoms with Crippen LogP contribution in [0.25, 0.3) is 0 Å². The maximum absolute atomic E-state index is 10.6. The zero-order valence-corrected chi connectivity index (χ0v) is 18.5. The maximum Gasteiger partial charge on any atom is 0.142 e. The van der Waals surface area contributed by atoms with Crippen molar-refractivity contribution >= 4 is 5.69 Å². The summed E-state index contributed by atoms with van der Waals surface area (Å²) in [6.07, 6.45) is 8.16. The van der Waals surface area contributed by atoms with Gasteiger partial charge in [0.25, 0.3) is 0 Å². The van der Waals surface area contributed by atoms with Gasteiger partial charge in [-0.15, -0.1) is 0 Å². The summed E-state index contributed by atoms with van der Waals surface area (Å²) in [6.45, 7) is 5.90. The highest BCUT2D eigenvalue weighted by atomic mass is 16.5. The summed E-state index contributed by atoms with van der Waals surface area (Å²) in [4.78, 5) is 4.75. The van der Waals surface area contributed by atoms with Crippen LogP contribution in [0.3, 0.4) is 0 Å². The van der Waals surface area contributed by atoms with Crippen LogP contribution in [0.5, 0.6) is 5.75 Å². The minimum Gasteiger partial charge on any atom is -0.495 e. The van der Waals surface area contributed by atoms with Gasteiger partial charge < -0.3 is 19.5 Å². The highest BCUT2D eigenvalue weighted by molar-refractivity contribution is 5.58. The Bertz CT molecular complexity index is 681. The Morgan fingerprint density at radius 2 is 1.63 bits per heavy atom. The number of ether oxygens (including phenoxy) is 2. The van der Waals surface area contributed by atoms with Gasteiger partial charge in [0.05, 0.1) is 32.1 Å². The molecule has 0 amide bonds. The quantitative estimate of drug-likeness (QED) is 0.706. The molecule has 1 atom stereocenters. The molecule has 4 aliphatic carbocycles. The first-order chi connectivity index (χ1) is 14.6. The van der Waals surface area contributed by atoms with E-state index in [9.17, 15) is 5.11 Å². The molecule has 30 heavy (non-hydrogen) atoms. The number of β-amino-alcohol motifs (C(OH)–C–C–N with tert-alkyl or cyclic N) is 1. The van der Waals surface area contributed by atoms with Crippen LogP contribution in [0, 0.1) is 23.2 Å². The van der Waals surface area contributed by atoms with Gasteiger partial charge in [0.2, 0.25) is 0 Å². The third kappa shape index (κ3) is 4.35. The molecule has 1 aromatic carbocycles. The fourth-order valence-electron chi connectivity index (χ4n) is 7.29. The molecular formula is C25H38N2O3. The molecule has 6 rings (SSSR count). The molecule has 1 N–H and O–H groups in total. The molecular weight excluding hydrogens is 376 g/mol. The van der Waals surface area contributed by atoms with Crippen LogP contribution in [0.1, 0.15) is 38.5 Å². The second kappa shape index (κ2) is 8.68. The van der Waals surface area contributed by atoms with Gasteiger partial charge in [-0.2, -0.15) is 0 Å². The average molecular weight is 415 g/mol. The molecule has 5 aliphatic rings. The number of hydrogen-bond donors (Lipinski definition) is 1. The number of para-hydroxylation sites is 2. The highest BCUT2D eigenvalue weighted by Crippen LogP contribution is 2.60. The molecule has 166 valence electrons. The minimum atomic E-state index is -0.392. The summed E-state index contributed by atoms with van der Waals surface area (Å²) in [5.74, 6) is 3.82. The van der Waals surface area contributed by atoms with Gasteiger partial charge in [-0.05, 0) is 73.8 Å². The number of aliphatic hydroxyl groups excluding tert-OH is 1. The van der Waals surface area contributed by atoms with Gasteiger partial charge >= 0.3 is 0 Å². The number of nitrogens with zero attached hydrogens (tertiary/aromatic N) is 2. The van der Waals surface area contributed by atoms with Crippen LogP contribution >= 0.6 is 0 Å². The van der Waals surface area contributed by atoms with E-state index in [1.807, 2.05) is 12.1 Å². The van der Waals surface area contributed by atoms with Crippen LogP contribution in [0.15, 0.2) is 24.3 Å². The summed E-state index contributed by atoms with van der Waals surface area (Å²) in [5, 5.41) is 10.6. The van der Waals surface area contributed by atoms with Crippen LogP contribution in [0.2, 0.25) is 0 Å². The first kappa shape index (κ1) is 20.6. The topological polar surface area (TPSA) is 45.2 Å². The van der Waals surface area contributed by atoms with E-state index in [0.717, 1.165) is 56.3 Å². The molecule has 5 nitrogen and oxygen atoms in total. The second-order valence-electron chi connectivity index (χ2n) is 10.5. The first-order valence-electron chi connectivity index (χ1n) is 12.0. The van der Waals surface area contributed by atoms with Crippen molar-refractivity contribution in [1.29, 1.82) is 0 Å². The SMILES string of the molecule is COc1ccccc1N1CCN(C[C@@H](O)COCC23CC4CC(CC(C4)C2)C3)CC1. The Labute approximate surface area is 181 Å². The van der Waals surface area contributed by atoms with E-state index in [4.69, 9.17) is 9.47 Å². The molecule has 5 heteroatoms. The first-order valence-corrected chi connectivity index (χ1v) is 12.0. The minimum absolute atomic E-state index is 0.392. The maximum atomic E-state index is 10.6. The molecule has 0 aromatic heterocycles. The van der Waals surface area contributed by atoms with Gasteiger partial charge in [-0.1, -0.05) is 12.1 Å². The fraction of sp³-hybridized carbons (Fsp3) is 0.760. The lowest BCUT2D eigenvalue weighted by atomic mass is 9.50. The fourth-order valence-corrected chi connectivity index (χ4v) is 7.29. The van der Waals surface area contributed by atoms with E-state index in [-0.39, 0.29) is 0 Å². The monoisotopic (exact) mass is 414 g/mol. The Kier molecular flexibility index (Phi) is 5.96. The van der Waals surface area contributed by atoms with E-state index < -0.39 is 6.10 Å². The molecule has 0 unspecified atom stereocenters. The van der Waals surface area contributed by atoms with E-state index in [1.165, 1.54) is 44.2 Å². The van der Waals surface area contributed by atoms with E-state index in [1.54, 1.807) is 7.11 Å². The van der Waals surface area contributed by atoms with Gasteiger partial charge in [0.1, 0.15) is 5.75 Å². The average Bonchev–Trinajstić information content (AvgIpc) is 2.73. The van der Waals surface area contributed by atoms with Crippen LogP contribution < -0.4 is 9.64 Å². The van der Waals surface area contributed by atoms with Gasteiger partial charge in [0, 0.05) is 32.7 Å². The zero-order valence-electron chi connectivity index (χ0n) is 18.5. The number of piperazine rings is 1. The lowest BCUT2D eigenvalue weighted by molar-refractivity contribution is -0.107. The van der Waals surface area contributed by atoms with E-state index in [2.05, 4.69) is 21.9 Å². The summed E-state index contributed by atoms with van der Waals surface area (Å²) in [5.41, 5.74) is 1.61. The van der Waals surface area contributed by atoms with Crippen LogP contribution in [0.4, 0.5) is 5.69 Å². The van der Waals surface area contributed by atoms with Gasteiger partial charge in [-0.3, -0.25) is 4.90 Å². The van der Waals surface area contributed by atoms with Crippen molar-refractivity contribution < 1.29 is 14.6 Å². The van der Waals surface area contributed by atoms with Crippen molar-refractivity contribution in [3.8, 4) is 5.75 Å². The highest BCUT2D eigenvalue weighted by Gasteiger charge is 2.50. The smallest absolute Gasteiger partial charge is 0.142 e. The second-order valence-corrected chi connectivity index (χ2v) is 10.5. The third-order valence-corrected chi connectivity index (χ3v) is 8.15. The standard InChI is InChI=1S/C25H38N2O3/c1-29-24-5-3-2-4-23(24)27-8-6-26(7-9-27)16-22(28)17-30-18-25-13-19-10-20(14-25)12-21(11-19)15-25/h2-5,19-22,28H,6-18H2,1H3/t19?,20?,21?,22-,25?/m1/s1. The Morgan fingerprint density at radius 3 is 2.27 bits per heavy atom. The van der Waals surface area contributed by atoms with Crippen molar-refractivity contribution in [3.63, 3.8) is 0 Å². The molecule has 4 bridgehead atoms. The summed E-state index contributed by atoms with van der Waals surface area (Å²) >= 11 is 0. The summed E-state index contributed by atoms with van der Waals surface area (Å²) < 4.78 is 11.6. The van der Waals surface area contributed by atoms with Crippen molar-refractivity contribution in [2.24, 2.45) is 23.2 Å². The Balaban J connectivity index is 1.05. The van der Waals surface area contributed by atoms with Crippen LogP contribution in [-0.4, -0.2) is 69.2 Å². The molecule has 1 aliphatic heterocycles. The zero-order chi connectivity index (χ0) is 20.6. The number of anilines is 1. The Hall–Kier alpha value is -1.30. The van der Waals surface area contributed by atoms with Gasteiger partial charge in [0.15, 0.2) is 0 Å². The summed E-state index contributed by atoms with van der Waals surface area (Å²) in [7, 11) is 1.73. The molecule has 5 fully saturated rings. The van der Waals surface area contributed by atoms with Crippen molar-refractivity contribution in [3.05, 3.63) is 24.3 Å². The van der Waals surface area contributed by atoms with E-state index in [0.29, 0.717) is 18.6 Å². The van der Waals surface area contributed by atoms with Crippen molar-refractivity contribution in [1.82, 2.24) is 4.90 Å². The molecule has 0 radical (unpaired) electrons. The van der Waals surface area contributed by atoms with E-state index >= 15 is 0 Å². The van der Waals surface area contributed by atoms with Crippen molar-refractivity contribution in [2.75, 3.05) is 57.9 Å². The molecule has 0 spiro atoms. The van der Waals surface area contributed by atoms with Crippen molar-refractivity contribution in [2.45, 2.75) is 44.6 Å². The molecule has 1 aromatic rings. The number of aliphatic hydroxyl groups is 1. The lowest BCUT2D eigenvalue weighted by Crippen LogP contribution is -2.50. The number of hydrogen-bond acceptors (Lipinski definition) is 5. The lowest BCUT2D eigenvalue weighted by Gasteiger charge is -2.56. The molecule has 1 saturated heterocycles. The largest absolute Gasteiger partial charge is 0.495 e. The summed E-state index contributed by atoms with van der Waals surface area (Å²) in [6, 6.07) is 8.22. The predicted molar refractivity (Wildman–Crippen MR) is 119 cm³/mol. The third-order valence-electron chi connectivity index (χ3n) is 8.15.